The molecule has 178 valence electrons. The molecule has 5 rings (SSSR count). The molecule has 0 spiro atoms. The van der Waals surface area contributed by atoms with Gasteiger partial charge in [-0.3, -0.25) is 9.36 Å². The minimum atomic E-state index is -0.359. The molecule has 1 aliphatic rings. The molecule has 35 heavy (non-hydrogen) atoms. The van der Waals surface area contributed by atoms with E-state index < -0.39 is 0 Å². The SMILES string of the molecule is COc1ccc2c(c1)CCCN2C(=O)CSc1nnc(-c2ccccc2F)n1Cc1ccccc1. The molecule has 1 aliphatic heterocycles. The molecule has 0 aliphatic carbocycles. The van der Waals surface area contributed by atoms with Crippen molar-refractivity contribution in [3.05, 3.63) is 89.7 Å². The molecule has 2 heterocycles. The van der Waals surface area contributed by atoms with Gasteiger partial charge in [-0.25, -0.2) is 4.39 Å². The number of fused-ring (bicyclic) bond motifs is 1. The summed E-state index contributed by atoms with van der Waals surface area (Å²) < 4.78 is 21.8. The van der Waals surface area contributed by atoms with Crippen molar-refractivity contribution in [2.24, 2.45) is 0 Å². The quantitative estimate of drug-likeness (QED) is 0.334. The maximum Gasteiger partial charge on any atom is 0.237 e. The van der Waals surface area contributed by atoms with Crippen LogP contribution in [0.15, 0.2) is 78.0 Å². The third kappa shape index (κ3) is 4.93. The monoisotopic (exact) mass is 488 g/mol. The molecule has 0 radical (unpaired) electrons. The number of methoxy groups -OCH3 is 1. The molecular formula is C27H25FN4O2S. The Hall–Kier alpha value is -3.65. The number of hydrogen-bond donors (Lipinski definition) is 0. The van der Waals surface area contributed by atoms with E-state index in [4.69, 9.17) is 4.74 Å². The largest absolute Gasteiger partial charge is 0.497 e. The first-order valence-electron chi connectivity index (χ1n) is 11.5. The first-order valence-corrected chi connectivity index (χ1v) is 12.4. The van der Waals surface area contributed by atoms with Crippen molar-refractivity contribution >= 4 is 23.4 Å². The number of amides is 1. The van der Waals surface area contributed by atoms with Crippen LogP contribution in [-0.4, -0.2) is 40.1 Å². The number of aryl methyl sites for hydroxylation is 1. The molecule has 0 saturated carbocycles. The third-order valence-corrected chi connectivity index (χ3v) is 7.00. The number of halogens is 1. The van der Waals surface area contributed by atoms with Gasteiger partial charge in [0, 0.05) is 12.2 Å². The lowest BCUT2D eigenvalue weighted by Gasteiger charge is -2.29. The standard InChI is InChI=1S/C27H25FN4O2S/c1-34-21-13-14-24-20(16-21)10-7-15-31(24)25(33)18-35-27-30-29-26(22-11-5-6-12-23(22)28)32(27)17-19-8-3-2-4-9-19/h2-6,8-9,11-14,16H,7,10,15,17-18H2,1H3. The van der Waals surface area contributed by atoms with Crippen LogP contribution in [0.4, 0.5) is 10.1 Å². The summed E-state index contributed by atoms with van der Waals surface area (Å²) in [6.07, 6.45) is 1.82. The lowest BCUT2D eigenvalue weighted by molar-refractivity contribution is -0.116. The zero-order valence-corrected chi connectivity index (χ0v) is 20.2. The number of nitrogens with zero attached hydrogens (tertiary/aromatic N) is 4. The Morgan fingerprint density at radius 1 is 1.06 bits per heavy atom. The lowest BCUT2D eigenvalue weighted by atomic mass is 10.0. The van der Waals surface area contributed by atoms with Crippen LogP contribution in [0, 0.1) is 5.82 Å². The first-order chi connectivity index (χ1) is 17.1. The van der Waals surface area contributed by atoms with Crippen molar-refractivity contribution in [2.75, 3.05) is 24.3 Å². The topological polar surface area (TPSA) is 60.2 Å². The fraction of sp³-hybridized carbons (Fsp3) is 0.222. The number of anilines is 1. The van der Waals surface area contributed by atoms with Crippen LogP contribution in [0.2, 0.25) is 0 Å². The van der Waals surface area contributed by atoms with E-state index >= 15 is 0 Å². The molecule has 0 atom stereocenters. The van der Waals surface area contributed by atoms with Crippen LogP contribution in [0.1, 0.15) is 17.5 Å². The van der Waals surface area contributed by atoms with Crippen molar-refractivity contribution in [3.8, 4) is 17.1 Å². The number of carbonyl (C=O) groups excluding carboxylic acids is 1. The second kappa shape index (κ2) is 10.3. The average molecular weight is 489 g/mol. The molecule has 4 aromatic rings. The Morgan fingerprint density at radius 3 is 2.66 bits per heavy atom. The summed E-state index contributed by atoms with van der Waals surface area (Å²) in [5.74, 6) is 1.08. The number of hydrogen-bond acceptors (Lipinski definition) is 5. The molecular weight excluding hydrogens is 463 g/mol. The molecule has 0 saturated heterocycles. The number of ether oxygens (including phenoxy) is 1. The fourth-order valence-electron chi connectivity index (χ4n) is 4.31. The maximum atomic E-state index is 14.6. The smallest absolute Gasteiger partial charge is 0.237 e. The van der Waals surface area contributed by atoms with Gasteiger partial charge in [0.05, 0.1) is 25.0 Å². The normalized spacial score (nSPS) is 12.9. The summed E-state index contributed by atoms with van der Waals surface area (Å²) in [4.78, 5) is 15.1. The van der Waals surface area contributed by atoms with E-state index in [1.807, 2.05) is 58.0 Å². The Labute approximate surface area is 207 Å². The molecule has 0 fully saturated rings. The fourth-order valence-corrected chi connectivity index (χ4v) is 5.12. The highest BCUT2D eigenvalue weighted by atomic mass is 32.2. The average Bonchev–Trinajstić information content (AvgIpc) is 3.29. The van der Waals surface area contributed by atoms with E-state index in [0.717, 1.165) is 35.4 Å². The van der Waals surface area contributed by atoms with E-state index in [9.17, 15) is 9.18 Å². The summed E-state index contributed by atoms with van der Waals surface area (Å²) in [6.45, 7) is 1.15. The summed E-state index contributed by atoms with van der Waals surface area (Å²) in [6, 6.07) is 22.2. The molecule has 1 aromatic heterocycles. The minimum Gasteiger partial charge on any atom is -0.497 e. The summed E-state index contributed by atoms with van der Waals surface area (Å²) in [7, 11) is 1.64. The molecule has 3 aromatic carbocycles. The Kier molecular flexibility index (Phi) is 6.81. The molecule has 8 heteroatoms. The Bertz CT molecular complexity index is 1340. The van der Waals surface area contributed by atoms with Crippen molar-refractivity contribution in [1.82, 2.24) is 14.8 Å². The molecule has 0 N–H and O–H groups in total. The Morgan fingerprint density at radius 2 is 1.86 bits per heavy atom. The molecule has 0 unspecified atom stereocenters. The van der Waals surface area contributed by atoms with Gasteiger partial charge in [-0.05, 0) is 54.3 Å². The van der Waals surface area contributed by atoms with Crippen LogP contribution < -0.4 is 9.64 Å². The molecule has 1 amide bonds. The van der Waals surface area contributed by atoms with E-state index in [1.165, 1.54) is 17.8 Å². The second-order valence-electron chi connectivity index (χ2n) is 8.29. The van der Waals surface area contributed by atoms with Crippen LogP contribution in [0.5, 0.6) is 5.75 Å². The van der Waals surface area contributed by atoms with Crippen LogP contribution in [-0.2, 0) is 17.8 Å². The van der Waals surface area contributed by atoms with Crippen molar-refractivity contribution in [3.63, 3.8) is 0 Å². The third-order valence-electron chi connectivity index (χ3n) is 6.05. The van der Waals surface area contributed by atoms with E-state index in [-0.39, 0.29) is 17.5 Å². The van der Waals surface area contributed by atoms with Crippen LogP contribution in [0.25, 0.3) is 11.4 Å². The predicted molar refractivity (Wildman–Crippen MR) is 135 cm³/mol. The maximum absolute atomic E-state index is 14.6. The van der Waals surface area contributed by atoms with E-state index in [0.29, 0.717) is 29.6 Å². The van der Waals surface area contributed by atoms with Gasteiger partial charge < -0.3 is 9.64 Å². The number of carbonyl (C=O) groups is 1. The van der Waals surface area contributed by atoms with Crippen LogP contribution in [0.3, 0.4) is 0 Å². The summed E-state index contributed by atoms with van der Waals surface area (Å²) in [5, 5.41) is 9.21. The molecule has 6 nitrogen and oxygen atoms in total. The van der Waals surface area contributed by atoms with Crippen molar-refractivity contribution in [1.29, 1.82) is 0 Å². The van der Waals surface area contributed by atoms with Crippen LogP contribution >= 0.6 is 11.8 Å². The number of aromatic nitrogens is 3. The number of rotatable bonds is 7. The number of benzene rings is 3. The second-order valence-corrected chi connectivity index (χ2v) is 9.23. The highest BCUT2D eigenvalue weighted by molar-refractivity contribution is 7.99. The highest BCUT2D eigenvalue weighted by Gasteiger charge is 2.24. The zero-order valence-electron chi connectivity index (χ0n) is 19.4. The lowest BCUT2D eigenvalue weighted by Crippen LogP contribution is -2.36. The van der Waals surface area contributed by atoms with Gasteiger partial charge in [-0.2, -0.15) is 0 Å². The van der Waals surface area contributed by atoms with Gasteiger partial charge in [0.2, 0.25) is 5.91 Å². The summed E-state index contributed by atoms with van der Waals surface area (Å²) in [5.41, 5.74) is 3.47. The van der Waals surface area contributed by atoms with Crippen molar-refractivity contribution < 1.29 is 13.9 Å². The van der Waals surface area contributed by atoms with Gasteiger partial charge in [0.15, 0.2) is 11.0 Å². The van der Waals surface area contributed by atoms with E-state index in [1.54, 1.807) is 25.3 Å². The van der Waals surface area contributed by atoms with E-state index in [2.05, 4.69) is 10.2 Å². The number of thioether (sulfide) groups is 1. The van der Waals surface area contributed by atoms with Gasteiger partial charge in [0.25, 0.3) is 0 Å². The summed E-state index contributed by atoms with van der Waals surface area (Å²) >= 11 is 1.32. The first kappa shape index (κ1) is 23.1. The van der Waals surface area contributed by atoms with Gasteiger partial charge in [-0.15, -0.1) is 10.2 Å². The molecule has 0 bridgehead atoms. The highest BCUT2D eigenvalue weighted by Crippen LogP contribution is 2.32. The van der Waals surface area contributed by atoms with Crippen molar-refractivity contribution in [2.45, 2.75) is 24.5 Å². The van der Waals surface area contributed by atoms with Gasteiger partial charge in [0.1, 0.15) is 11.6 Å². The minimum absolute atomic E-state index is 0.00261. The predicted octanol–water partition coefficient (Wildman–Crippen LogP) is 5.21. The Balaban J connectivity index is 1.40. The van der Waals surface area contributed by atoms with Gasteiger partial charge in [-0.1, -0.05) is 54.2 Å². The zero-order chi connectivity index (χ0) is 24.2. The van der Waals surface area contributed by atoms with Gasteiger partial charge >= 0.3 is 0 Å².